The van der Waals surface area contributed by atoms with E-state index >= 15 is 0 Å². The maximum Gasteiger partial charge on any atom is 0.409 e. The summed E-state index contributed by atoms with van der Waals surface area (Å²) in [5.41, 5.74) is 1.46. The predicted octanol–water partition coefficient (Wildman–Crippen LogP) is 2.68. The molecule has 27 heavy (non-hydrogen) atoms. The lowest BCUT2D eigenvalue weighted by Crippen LogP contribution is -2.49. The van der Waals surface area contributed by atoms with Crippen LogP contribution in [-0.4, -0.2) is 53.7 Å². The highest BCUT2D eigenvalue weighted by Gasteiger charge is 2.23. The molecule has 8 nitrogen and oxygen atoms in total. The van der Waals surface area contributed by atoms with E-state index in [1.807, 2.05) is 25.1 Å². The normalized spacial score (nSPS) is 13.8. The molecule has 0 atom stereocenters. The van der Waals surface area contributed by atoms with Gasteiger partial charge in [-0.25, -0.2) is 14.8 Å². The standard InChI is InChI=1S/C19H22N6O2/c1-3-27-19(26)25-10-8-24(9-11-25)18-12-17(21-14(2)22-18)23-16-6-4-15(13-20)5-7-16/h4-7,12H,3,8-11H2,1-2H3,(H,21,22,23). The van der Waals surface area contributed by atoms with Crippen molar-refractivity contribution in [2.45, 2.75) is 13.8 Å². The quantitative estimate of drug-likeness (QED) is 0.889. The number of amides is 1. The van der Waals surface area contributed by atoms with Gasteiger partial charge in [0.15, 0.2) is 0 Å². The molecule has 0 bridgehead atoms. The molecule has 8 heteroatoms. The first-order valence-corrected chi connectivity index (χ1v) is 8.88. The zero-order chi connectivity index (χ0) is 19.2. The number of piperazine rings is 1. The predicted molar refractivity (Wildman–Crippen MR) is 102 cm³/mol. The second-order valence-corrected chi connectivity index (χ2v) is 6.15. The summed E-state index contributed by atoms with van der Waals surface area (Å²) in [6, 6.07) is 11.2. The lowest BCUT2D eigenvalue weighted by Gasteiger charge is -2.34. The van der Waals surface area contributed by atoms with Crippen LogP contribution in [0.25, 0.3) is 0 Å². The van der Waals surface area contributed by atoms with E-state index < -0.39 is 0 Å². The molecule has 1 aromatic carbocycles. The summed E-state index contributed by atoms with van der Waals surface area (Å²) in [5, 5.41) is 12.1. The summed E-state index contributed by atoms with van der Waals surface area (Å²) in [6.07, 6.45) is -0.265. The Morgan fingerprint density at radius 3 is 2.56 bits per heavy atom. The molecule has 140 valence electrons. The van der Waals surface area contributed by atoms with Gasteiger partial charge in [-0.2, -0.15) is 5.26 Å². The molecule has 1 saturated heterocycles. The summed E-state index contributed by atoms with van der Waals surface area (Å²) < 4.78 is 5.06. The van der Waals surface area contributed by atoms with Gasteiger partial charge in [0.2, 0.25) is 0 Å². The fraction of sp³-hybridized carbons (Fsp3) is 0.368. The molecule has 2 aromatic rings. The monoisotopic (exact) mass is 366 g/mol. The van der Waals surface area contributed by atoms with Crippen molar-refractivity contribution in [2.75, 3.05) is 43.0 Å². The fourth-order valence-electron chi connectivity index (χ4n) is 2.89. The molecule has 0 unspecified atom stereocenters. The van der Waals surface area contributed by atoms with Crippen molar-refractivity contribution >= 4 is 23.4 Å². The SMILES string of the molecule is CCOC(=O)N1CCN(c2cc(Nc3ccc(C#N)cc3)nc(C)n2)CC1. The average molecular weight is 366 g/mol. The smallest absolute Gasteiger partial charge is 0.409 e. The fourth-order valence-corrected chi connectivity index (χ4v) is 2.89. The number of hydrogen-bond donors (Lipinski definition) is 1. The molecular weight excluding hydrogens is 344 g/mol. The average Bonchev–Trinajstić information content (AvgIpc) is 2.68. The van der Waals surface area contributed by atoms with Crippen LogP contribution in [0.4, 0.5) is 22.1 Å². The molecule has 1 aliphatic heterocycles. The molecule has 1 aliphatic rings. The van der Waals surface area contributed by atoms with Crippen LogP contribution in [0.1, 0.15) is 18.3 Å². The van der Waals surface area contributed by atoms with Crippen LogP contribution in [0.5, 0.6) is 0 Å². The van der Waals surface area contributed by atoms with Gasteiger partial charge in [-0.1, -0.05) is 0 Å². The first-order valence-electron chi connectivity index (χ1n) is 8.88. The Labute approximate surface area is 158 Å². The first kappa shape index (κ1) is 18.5. The Bertz CT molecular complexity index is 838. The number of ether oxygens (including phenoxy) is 1. The lowest BCUT2D eigenvalue weighted by molar-refractivity contribution is 0.105. The van der Waals surface area contributed by atoms with E-state index in [1.165, 1.54) is 0 Å². The van der Waals surface area contributed by atoms with Gasteiger partial charge in [-0.15, -0.1) is 0 Å². The van der Waals surface area contributed by atoms with Crippen LogP contribution in [-0.2, 0) is 4.74 Å². The second kappa shape index (κ2) is 8.36. The van der Waals surface area contributed by atoms with Crippen molar-refractivity contribution in [3.05, 3.63) is 41.7 Å². The van der Waals surface area contributed by atoms with Crippen LogP contribution >= 0.6 is 0 Å². The van der Waals surface area contributed by atoms with Crippen molar-refractivity contribution in [3.63, 3.8) is 0 Å². The summed E-state index contributed by atoms with van der Waals surface area (Å²) in [4.78, 5) is 24.6. The molecule has 1 fully saturated rings. The topological polar surface area (TPSA) is 94.4 Å². The van der Waals surface area contributed by atoms with Crippen LogP contribution in [0.15, 0.2) is 30.3 Å². The molecule has 1 amide bonds. The Balaban J connectivity index is 1.68. The maximum atomic E-state index is 11.8. The Kier molecular flexibility index (Phi) is 5.71. The van der Waals surface area contributed by atoms with E-state index in [1.54, 1.807) is 24.0 Å². The van der Waals surface area contributed by atoms with Crippen LogP contribution in [0.2, 0.25) is 0 Å². The summed E-state index contributed by atoms with van der Waals surface area (Å²) in [5.74, 6) is 2.17. The largest absolute Gasteiger partial charge is 0.450 e. The number of rotatable bonds is 4. The number of aromatic nitrogens is 2. The third-order valence-corrected chi connectivity index (χ3v) is 4.24. The number of aryl methyl sites for hydroxylation is 1. The van der Waals surface area contributed by atoms with Crippen LogP contribution in [0, 0.1) is 18.3 Å². The number of nitriles is 1. The number of benzene rings is 1. The number of nitrogens with zero attached hydrogens (tertiary/aromatic N) is 5. The van der Waals surface area contributed by atoms with E-state index in [-0.39, 0.29) is 6.09 Å². The molecule has 0 aliphatic carbocycles. The van der Waals surface area contributed by atoms with E-state index in [0.717, 1.165) is 11.5 Å². The molecule has 3 rings (SSSR count). The number of carbonyl (C=O) groups is 1. The molecule has 2 heterocycles. The maximum absolute atomic E-state index is 11.8. The number of anilines is 3. The van der Waals surface area contributed by atoms with Gasteiger partial charge in [0.05, 0.1) is 18.2 Å². The van der Waals surface area contributed by atoms with Crippen molar-refractivity contribution in [3.8, 4) is 6.07 Å². The third-order valence-electron chi connectivity index (χ3n) is 4.24. The van der Waals surface area contributed by atoms with Crippen molar-refractivity contribution in [1.82, 2.24) is 14.9 Å². The van der Waals surface area contributed by atoms with Gasteiger partial charge in [-0.05, 0) is 38.1 Å². The zero-order valence-electron chi connectivity index (χ0n) is 15.5. The minimum absolute atomic E-state index is 0.265. The number of carbonyl (C=O) groups excluding carboxylic acids is 1. The molecule has 0 radical (unpaired) electrons. The molecule has 0 saturated carbocycles. The van der Waals surface area contributed by atoms with Gasteiger partial charge in [0, 0.05) is 37.9 Å². The van der Waals surface area contributed by atoms with Crippen LogP contribution in [0.3, 0.4) is 0 Å². The molecular formula is C19H22N6O2. The molecule has 0 spiro atoms. The molecule has 1 aromatic heterocycles. The second-order valence-electron chi connectivity index (χ2n) is 6.15. The molecule has 1 N–H and O–H groups in total. The van der Waals surface area contributed by atoms with Gasteiger partial charge in [-0.3, -0.25) is 0 Å². The van der Waals surface area contributed by atoms with Gasteiger partial charge < -0.3 is 19.9 Å². The Morgan fingerprint density at radius 1 is 1.22 bits per heavy atom. The van der Waals surface area contributed by atoms with E-state index in [4.69, 9.17) is 10.00 Å². The number of hydrogen-bond acceptors (Lipinski definition) is 7. The summed E-state index contributed by atoms with van der Waals surface area (Å²) in [6.45, 7) is 6.61. The highest BCUT2D eigenvalue weighted by atomic mass is 16.6. The minimum atomic E-state index is -0.265. The zero-order valence-corrected chi connectivity index (χ0v) is 15.5. The van der Waals surface area contributed by atoms with Crippen molar-refractivity contribution in [1.29, 1.82) is 5.26 Å². The van der Waals surface area contributed by atoms with Crippen LogP contribution < -0.4 is 10.2 Å². The van der Waals surface area contributed by atoms with Gasteiger partial charge in [0.25, 0.3) is 0 Å². The van der Waals surface area contributed by atoms with Crippen molar-refractivity contribution in [2.24, 2.45) is 0 Å². The van der Waals surface area contributed by atoms with E-state index in [0.29, 0.717) is 50.0 Å². The first-order chi connectivity index (χ1) is 13.1. The minimum Gasteiger partial charge on any atom is -0.450 e. The summed E-state index contributed by atoms with van der Waals surface area (Å²) in [7, 11) is 0. The van der Waals surface area contributed by atoms with Gasteiger partial charge >= 0.3 is 6.09 Å². The Morgan fingerprint density at radius 2 is 1.93 bits per heavy atom. The number of nitrogens with one attached hydrogen (secondary N) is 1. The van der Waals surface area contributed by atoms with Gasteiger partial charge in [0.1, 0.15) is 17.5 Å². The summed E-state index contributed by atoms with van der Waals surface area (Å²) >= 11 is 0. The third kappa shape index (κ3) is 4.64. The van der Waals surface area contributed by atoms with E-state index in [9.17, 15) is 4.79 Å². The van der Waals surface area contributed by atoms with E-state index in [2.05, 4.69) is 26.3 Å². The van der Waals surface area contributed by atoms with Crippen molar-refractivity contribution < 1.29 is 9.53 Å². The highest BCUT2D eigenvalue weighted by Crippen LogP contribution is 2.21. The highest BCUT2D eigenvalue weighted by molar-refractivity contribution is 5.68. The Hall–Kier alpha value is -3.34. The lowest BCUT2D eigenvalue weighted by atomic mass is 10.2.